The highest BCUT2D eigenvalue weighted by Gasteiger charge is 2.12. The molecule has 0 saturated carbocycles. The van der Waals surface area contributed by atoms with Crippen LogP contribution in [0, 0.1) is 5.41 Å². The standard InChI is InChI=1S/C11H12ClN5S2/c1-17(2)10-15-16-11(19-10)18-8-4-3-6(12)5-7(8)9(13)14/h3-5H,1-2H3,(H3,13,14). The molecule has 19 heavy (non-hydrogen) atoms. The van der Waals surface area contributed by atoms with Gasteiger partial charge < -0.3 is 10.6 Å². The fourth-order valence-corrected chi connectivity index (χ4v) is 3.34. The molecule has 0 spiro atoms. The van der Waals surface area contributed by atoms with Gasteiger partial charge in [-0.25, -0.2) is 0 Å². The molecule has 100 valence electrons. The number of benzene rings is 1. The van der Waals surface area contributed by atoms with E-state index in [1.54, 1.807) is 12.1 Å². The van der Waals surface area contributed by atoms with E-state index in [0.29, 0.717) is 10.6 Å². The molecule has 0 aliphatic rings. The number of amidine groups is 1. The van der Waals surface area contributed by atoms with E-state index in [-0.39, 0.29) is 5.84 Å². The molecule has 3 N–H and O–H groups in total. The van der Waals surface area contributed by atoms with Crippen LogP contribution in [-0.2, 0) is 0 Å². The second-order valence-electron chi connectivity index (χ2n) is 3.90. The molecular formula is C11H12ClN5S2. The average molecular weight is 314 g/mol. The zero-order valence-electron chi connectivity index (χ0n) is 10.3. The maximum atomic E-state index is 7.58. The number of rotatable bonds is 4. The lowest BCUT2D eigenvalue weighted by molar-refractivity contribution is 0.972. The maximum Gasteiger partial charge on any atom is 0.208 e. The van der Waals surface area contributed by atoms with Crippen LogP contribution in [0.15, 0.2) is 27.4 Å². The topological polar surface area (TPSA) is 78.9 Å². The monoisotopic (exact) mass is 313 g/mol. The van der Waals surface area contributed by atoms with E-state index < -0.39 is 0 Å². The molecule has 1 aromatic heterocycles. The van der Waals surface area contributed by atoms with Crippen LogP contribution in [0.1, 0.15) is 5.56 Å². The van der Waals surface area contributed by atoms with Crippen molar-refractivity contribution < 1.29 is 0 Å². The number of aromatic nitrogens is 2. The first-order valence-electron chi connectivity index (χ1n) is 5.30. The lowest BCUT2D eigenvalue weighted by Crippen LogP contribution is -2.12. The van der Waals surface area contributed by atoms with Crippen LogP contribution in [-0.4, -0.2) is 30.1 Å². The summed E-state index contributed by atoms with van der Waals surface area (Å²) in [6.45, 7) is 0. The highest BCUT2D eigenvalue weighted by atomic mass is 35.5. The molecule has 0 amide bonds. The smallest absolute Gasteiger partial charge is 0.208 e. The maximum absolute atomic E-state index is 7.58. The summed E-state index contributed by atoms with van der Waals surface area (Å²) in [6, 6.07) is 5.28. The van der Waals surface area contributed by atoms with Crippen molar-refractivity contribution in [2.75, 3.05) is 19.0 Å². The summed E-state index contributed by atoms with van der Waals surface area (Å²) in [5.41, 5.74) is 6.17. The third-order valence-electron chi connectivity index (χ3n) is 2.21. The summed E-state index contributed by atoms with van der Waals surface area (Å²) >= 11 is 8.83. The van der Waals surface area contributed by atoms with Crippen LogP contribution in [0.3, 0.4) is 0 Å². The van der Waals surface area contributed by atoms with Crippen LogP contribution in [0.5, 0.6) is 0 Å². The molecule has 0 bridgehead atoms. The Bertz CT molecular complexity index is 611. The molecule has 1 heterocycles. The van der Waals surface area contributed by atoms with E-state index in [1.165, 1.54) is 23.1 Å². The van der Waals surface area contributed by atoms with E-state index in [0.717, 1.165) is 14.4 Å². The Morgan fingerprint density at radius 3 is 2.74 bits per heavy atom. The predicted molar refractivity (Wildman–Crippen MR) is 80.8 cm³/mol. The molecule has 8 heteroatoms. The molecule has 0 unspecified atom stereocenters. The second-order valence-corrected chi connectivity index (χ2v) is 6.58. The third-order valence-corrected chi connectivity index (χ3v) is 4.66. The Hall–Kier alpha value is -1.31. The summed E-state index contributed by atoms with van der Waals surface area (Å²) in [5, 5.41) is 17.1. The predicted octanol–water partition coefficient (Wildman–Crippen LogP) is 2.69. The molecule has 1 aromatic carbocycles. The van der Waals surface area contributed by atoms with Crippen molar-refractivity contribution in [3.05, 3.63) is 28.8 Å². The lowest BCUT2D eigenvalue weighted by Gasteiger charge is -2.06. The molecule has 0 radical (unpaired) electrons. The van der Waals surface area contributed by atoms with Crippen molar-refractivity contribution in [1.82, 2.24) is 10.2 Å². The van der Waals surface area contributed by atoms with Crippen molar-refractivity contribution in [3.63, 3.8) is 0 Å². The van der Waals surface area contributed by atoms with Gasteiger partial charge in [0.25, 0.3) is 0 Å². The quantitative estimate of drug-likeness (QED) is 0.670. The lowest BCUT2D eigenvalue weighted by atomic mass is 10.2. The molecule has 2 aromatic rings. The number of anilines is 1. The molecule has 2 rings (SSSR count). The van der Waals surface area contributed by atoms with Gasteiger partial charge in [-0.15, -0.1) is 10.2 Å². The summed E-state index contributed by atoms with van der Waals surface area (Å²) in [6.07, 6.45) is 0. The Morgan fingerprint density at radius 2 is 2.16 bits per heavy atom. The highest BCUT2D eigenvalue weighted by molar-refractivity contribution is 8.01. The van der Waals surface area contributed by atoms with Crippen LogP contribution in [0.2, 0.25) is 5.02 Å². The zero-order chi connectivity index (χ0) is 14.0. The second kappa shape index (κ2) is 5.77. The fourth-order valence-electron chi connectivity index (χ4n) is 1.32. The largest absolute Gasteiger partial charge is 0.384 e. The van der Waals surface area contributed by atoms with E-state index >= 15 is 0 Å². The van der Waals surface area contributed by atoms with Crippen LogP contribution < -0.4 is 10.6 Å². The minimum atomic E-state index is -0.0117. The van der Waals surface area contributed by atoms with Crippen molar-refractivity contribution in [3.8, 4) is 0 Å². The first-order chi connectivity index (χ1) is 8.97. The SMILES string of the molecule is CN(C)c1nnc(Sc2ccc(Cl)cc2C(=N)N)s1. The highest BCUT2D eigenvalue weighted by Crippen LogP contribution is 2.35. The summed E-state index contributed by atoms with van der Waals surface area (Å²) < 4.78 is 0.800. The van der Waals surface area contributed by atoms with Crippen molar-refractivity contribution in [2.24, 2.45) is 5.73 Å². The number of nitrogen functional groups attached to an aromatic ring is 1. The van der Waals surface area contributed by atoms with Gasteiger partial charge in [-0.05, 0) is 18.2 Å². The van der Waals surface area contributed by atoms with Gasteiger partial charge in [-0.2, -0.15) is 0 Å². The molecule has 0 fully saturated rings. The van der Waals surface area contributed by atoms with E-state index in [2.05, 4.69) is 10.2 Å². The van der Waals surface area contributed by atoms with Crippen LogP contribution in [0.4, 0.5) is 5.13 Å². The van der Waals surface area contributed by atoms with Gasteiger partial charge in [0.05, 0.1) is 0 Å². The first kappa shape index (κ1) is 14.1. The van der Waals surface area contributed by atoms with Crippen LogP contribution in [0.25, 0.3) is 0 Å². The molecule has 0 saturated heterocycles. The minimum Gasteiger partial charge on any atom is -0.384 e. The average Bonchev–Trinajstić information content (AvgIpc) is 2.80. The number of nitrogens with two attached hydrogens (primary N) is 1. The number of hydrogen-bond donors (Lipinski definition) is 2. The number of hydrogen-bond acceptors (Lipinski definition) is 6. The normalized spacial score (nSPS) is 10.5. The Morgan fingerprint density at radius 1 is 1.42 bits per heavy atom. The molecule has 5 nitrogen and oxygen atoms in total. The minimum absolute atomic E-state index is 0.0117. The van der Waals surface area contributed by atoms with Gasteiger partial charge >= 0.3 is 0 Å². The Kier molecular flexibility index (Phi) is 4.28. The van der Waals surface area contributed by atoms with Gasteiger partial charge in [0, 0.05) is 29.6 Å². The van der Waals surface area contributed by atoms with Gasteiger partial charge in [0.1, 0.15) is 5.84 Å². The van der Waals surface area contributed by atoms with Crippen molar-refractivity contribution >= 4 is 45.7 Å². The molecule has 0 aliphatic heterocycles. The van der Waals surface area contributed by atoms with Gasteiger partial charge in [0.2, 0.25) is 5.13 Å². The van der Waals surface area contributed by atoms with E-state index in [9.17, 15) is 0 Å². The Labute approximate surface area is 124 Å². The van der Waals surface area contributed by atoms with Gasteiger partial charge in [0.15, 0.2) is 4.34 Å². The zero-order valence-corrected chi connectivity index (χ0v) is 12.7. The van der Waals surface area contributed by atoms with Gasteiger partial charge in [-0.1, -0.05) is 34.7 Å². The van der Waals surface area contributed by atoms with Crippen molar-refractivity contribution in [2.45, 2.75) is 9.24 Å². The third kappa shape index (κ3) is 3.37. The summed E-state index contributed by atoms with van der Waals surface area (Å²) in [4.78, 5) is 2.74. The Balaban J connectivity index is 2.29. The van der Waals surface area contributed by atoms with Crippen molar-refractivity contribution in [1.29, 1.82) is 5.41 Å². The van der Waals surface area contributed by atoms with E-state index in [4.69, 9.17) is 22.7 Å². The van der Waals surface area contributed by atoms with Gasteiger partial charge in [-0.3, -0.25) is 5.41 Å². The van der Waals surface area contributed by atoms with E-state index in [1.807, 2.05) is 25.1 Å². The summed E-state index contributed by atoms with van der Waals surface area (Å²) in [7, 11) is 3.83. The van der Waals surface area contributed by atoms with Crippen LogP contribution >= 0.6 is 34.7 Å². The number of nitrogens with zero attached hydrogens (tertiary/aromatic N) is 3. The number of nitrogens with one attached hydrogen (secondary N) is 1. The number of halogens is 1. The molecule has 0 atom stereocenters. The molecular weight excluding hydrogens is 302 g/mol. The summed E-state index contributed by atoms with van der Waals surface area (Å²) in [5.74, 6) is -0.0117. The first-order valence-corrected chi connectivity index (χ1v) is 7.31. The fraction of sp³-hybridized carbons (Fsp3) is 0.182. The molecule has 0 aliphatic carbocycles.